The number of alkyl halides is 3. The molecule has 1 aliphatic rings. The van der Waals surface area contributed by atoms with Gasteiger partial charge >= 0.3 is 6.18 Å². The maximum absolute atomic E-state index is 14.2. The first-order valence-electron chi connectivity index (χ1n) is 8.39. The highest BCUT2D eigenvalue weighted by atomic mass is 35.5. The second-order valence-electron chi connectivity index (χ2n) is 6.28. The summed E-state index contributed by atoms with van der Waals surface area (Å²) in [4.78, 5) is 27.3. The molecular formula is C19H15ClF4N2O2. The fourth-order valence-corrected chi connectivity index (χ4v) is 3.22. The summed E-state index contributed by atoms with van der Waals surface area (Å²) in [6, 6.07) is 7.74. The van der Waals surface area contributed by atoms with Crippen molar-refractivity contribution in [1.82, 2.24) is 4.90 Å². The Morgan fingerprint density at radius 3 is 2.50 bits per heavy atom. The molecule has 0 spiro atoms. The van der Waals surface area contributed by atoms with Crippen LogP contribution in [-0.2, 0) is 11.0 Å². The molecule has 4 nitrogen and oxygen atoms in total. The van der Waals surface area contributed by atoms with Gasteiger partial charge in [0, 0.05) is 18.7 Å². The number of hydrogen-bond acceptors (Lipinski definition) is 2. The zero-order valence-electron chi connectivity index (χ0n) is 14.5. The molecule has 0 bridgehead atoms. The first kappa shape index (κ1) is 20.1. The van der Waals surface area contributed by atoms with Gasteiger partial charge in [0.15, 0.2) is 0 Å². The molecule has 3 rings (SSSR count). The molecule has 0 atom stereocenters. The molecule has 148 valence electrons. The third kappa shape index (κ3) is 4.11. The molecule has 2 aromatic rings. The Morgan fingerprint density at radius 2 is 1.89 bits per heavy atom. The molecule has 9 heteroatoms. The fraction of sp³-hybridized carbons (Fsp3) is 0.263. The van der Waals surface area contributed by atoms with Crippen LogP contribution in [0.3, 0.4) is 0 Å². The third-order valence-corrected chi connectivity index (χ3v) is 4.71. The van der Waals surface area contributed by atoms with Crippen molar-refractivity contribution in [2.75, 3.05) is 18.1 Å². The van der Waals surface area contributed by atoms with Crippen molar-refractivity contribution in [3.05, 3.63) is 64.4 Å². The molecule has 0 aromatic heterocycles. The first-order valence-corrected chi connectivity index (χ1v) is 8.77. The van der Waals surface area contributed by atoms with Gasteiger partial charge in [-0.3, -0.25) is 14.5 Å². The minimum absolute atomic E-state index is 0.112. The second kappa shape index (κ2) is 7.79. The van der Waals surface area contributed by atoms with Crippen LogP contribution in [0.15, 0.2) is 42.5 Å². The highest BCUT2D eigenvalue weighted by Gasteiger charge is 2.33. The average molecular weight is 415 g/mol. The van der Waals surface area contributed by atoms with E-state index in [0.29, 0.717) is 13.0 Å². The Morgan fingerprint density at radius 1 is 1.18 bits per heavy atom. The lowest BCUT2D eigenvalue weighted by atomic mass is 10.1. The van der Waals surface area contributed by atoms with Crippen molar-refractivity contribution in [3.63, 3.8) is 0 Å². The first-order chi connectivity index (χ1) is 13.2. The van der Waals surface area contributed by atoms with Gasteiger partial charge in [-0.05, 0) is 36.8 Å². The molecule has 1 aliphatic heterocycles. The number of likely N-dealkylation sites (tertiary alicyclic amines) is 1. The van der Waals surface area contributed by atoms with Crippen LogP contribution in [0.2, 0.25) is 5.02 Å². The Hall–Kier alpha value is -2.61. The van der Waals surface area contributed by atoms with Gasteiger partial charge in [-0.2, -0.15) is 13.2 Å². The number of amides is 2. The molecule has 28 heavy (non-hydrogen) atoms. The number of halogens is 5. The topological polar surface area (TPSA) is 40.6 Å². The molecule has 0 radical (unpaired) electrons. The Kier molecular flexibility index (Phi) is 5.60. The monoisotopic (exact) mass is 414 g/mol. The number of carbonyl (C=O) groups excluding carboxylic acids is 2. The van der Waals surface area contributed by atoms with Crippen LogP contribution < -0.4 is 4.90 Å². The molecule has 2 aromatic carbocycles. The summed E-state index contributed by atoms with van der Waals surface area (Å²) in [5.41, 5.74) is -1.54. The fourth-order valence-electron chi connectivity index (χ4n) is 2.97. The highest BCUT2D eigenvalue weighted by molar-refractivity contribution is 6.34. The molecule has 0 saturated carbocycles. The van der Waals surface area contributed by atoms with E-state index in [-0.39, 0.29) is 29.7 Å². The summed E-state index contributed by atoms with van der Waals surface area (Å²) in [6.45, 7) is 0.0518. The quantitative estimate of drug-likeness (QED) is 0.679. The smallest absolute Gasteiger partial charge is 0.324 e. The van der Waals surface area contributed by atoms with E-state index < -0.39 is 29.0 Å². The lowest BCUT2D eigenvalue weighted by Crippen LogP contribution is -2.42. The summed E-state index contributed by atoms with van der Waals surface area (Å²) in [5, 5.41) is -0.172. The van der Waals surface area contributed by atoms with Crippen LogP contribution in [0, 0.1) is 5.82 Å². The van der Waals surface area contributed by atoms with Crippen molar-refractivity contribution in [3.8, 4) is 0 Å². The molecule has 1 heterocycles. The van der Waals surface area contributed by atoms with Gasteiger partial charge in [0.2, 0.25) is 5.91 Å². The second-order valence-corrected chi connectivity index (χ2v) is 6.69. The normalized spacial score (nSPS) is 14.5. The van der Waals surface area contributed by atoms with E-state index in [9.17, 15) is 27.2 Å². The van der Waals surface area contributed by atoms with E-state index in [1.54, 1.807) is 0 Å². The molecule has 2 amide bonds. The summed E-state index contributed by atoms with van der Waals surface area (Å²) >= 11 is 5.96. The van der Waals surface area contributed by atoms with Crippen LogP contribution in [-0.4, -0.2) is 29.9 Å². The van der Waals surface area contributed by atoms with E-state index >= 15 is 0 Å². The number of anilines is 1. The van der Waals surface area contributed by atoms with E-state index in [4.69, 9.17) is 11.6 Å². The SMILES string of the molecule is O=C1CCCN1CN(C(=O)c1c(F)cccc1Cl)c1cccc(C(F)(F)F)c1. The Bertz CT molecular complexity index is 897. The van der Waals surface area contributed by atoms with Gasteiger partial charge < -0.3 is 4.90 Å². The van der Waals surface area contributed by atoms with Crippen molar-refractivity contribution in [1.29, 1.82) is 0 Å². The Balaban J connectivity index is 2.05. The number of hydrogen-bond donors (Lipinski definition) is 0. The van der Waals surface area contributed by atoms with Crippen molar-refractivity contribution in [2.45, 2.75) is 19.0 Å². The van der Waals surface area contributed by atoms with Crippen LogP contribution in [0.25, 0.3) is 0 Å². The molecule has 0 N–H and O–H groups in total. The van der Waals surface area contributed by atoms with Crippen molar-refractivity contribution < 1.29 is 27.2 Å². The standard InChI is InChI=1S/C19H15ClF4N2O2/c20-14-6-2-7-15(21)17(14)18(28)26(11-25-9-3-8-16(25)27)13-5-1-4-12(10-13)19(22,23)24/h1-2,4-7,10H,3,8-9,11H2. The van der Waals surface area contributed by atoms with E-state index in [2.05, 4.69) is 0 Å². The van der Waals surface area contributed by atoms with Gasteiger partial charge in [0.25, 0.3) is 5.91 Å². The highest BCUT2D eigenvalue weighted by Crippen LogP contribution is 2.33. The van der Waals surface area contributed by atoms with Crippen LogP contribution in [0.1, 0.15) is 28.8 Å². The molecule has 1 fully saturated rings. The van der Waals surface area contributed by atoms with E-state index in [1.165, 1.54) is 23.1 Å². The van der Waals surface area contributed by atoms with Gasteiger partial charge in [-0.25, -0.2) is 4.39 Å². The predicted octanol–water partition coefficient (Wildman–Crippen LogP) is 4.72. The Labute approximate surface area is 163 Å². The molecule has 0 unspecified atom stereocenters. The molecule has 0 aliphatic carbocycles. The van der Waals surface area contributed by atoms with Gasteiger partial charge in [-0.1, -0.05) is 23.7 Å². The summed E-state index contributed by atoms with van der Waals surface area (Å²) in [6.07, 6.45) is -3.77. The van der Waals surface area contributed by atoms with Crippen molar-refractivity contribution >= 4 is 29.1 Å². The number of rotatable bonds is 4. The maximum Gasteiger partial charge on any atom is 0.416 e. The third-order valence-electron chi connectivity index (χ3n) is 4.39. The maximum atomic E-state index is 14.2. The minimum atomic E-state index is -4.62. The van der Waals surface area contributed by atoms with Crippen LogP contribution in [0.5, 0.6) is 0 Å². The number of benzene rings is 2. The minimum Gasteiger partial charge on any atom is -0.324 e. The molecular weight excluding hydrogens is 400 g/mol. The van der Waals surface area contributed by atoms with Gasteiger partial charge in [0.05, 0.1) is 16.1 Å². The summed E-state index contributed by atoms with van der Waals surface area (Å²) < 4.78 is 53.5. The van der Waals surface area contributed by atoms with Crippen LogP contribution >= 0.6 is 11.6 Å². The number of nitrogens with zero attached hydrogens (tertiary/aromatic N) is 2. The largest absolute Gasteiger partial charge is 0.416 e. The lowest BCUT2D eigenvalue weighted by Gasteiger charge is -2.29. The molecule has 1 saturated heterocycles. The van der Waals surface area contributed by atoms with E-state index in [1.807, 2.05) is 0 Å². The van der Waals surface area contributed by atoms with E-state index in [0.717, 1.165) is 29.2 Å². The zero-order chi connectivity index (χ0) is 20.5. The zero-order valence-corrected chi connectivity index (χ0v) is 15.2. The lowest BCUT2D eigenvalue weighted by molar-refractivity contribution is -0.137. The van der Waals surface area contributed by atoms with Gasteiger partial charge in [0.1, 0.15) is 12.5 Å². The van der Waals surface area contributed by atoms with Gasteiger partial charge in [-0.15, -0.1) is 0 Å². The van der Waals surface area contributed by atoms with Crippen molar-refractivity contribution in [2.24, 2.45) is 0 Å². The predicted molar refractivity (Wildman–Crippen MR) is 95.5 cm³/mol. The average Bonchev–Trinajstić information content (AvgIpc) is 3.03. The number of carbonyl (C=O) groups is 2. The summed E-state index contributed by atoms with van der Waals surface area (Å²) in [7, 11) is 0. The summed E-state index contributed by atoms with van der Waals surface area (Å²) in [5.74, 6) is -2.06. The van der Waals surface area contributed by atoms with Crippen LogP contribution in [0.4, 0.5) is 23.2 Å².